The lowest BCUT2D eigenvalue weighted by molar-refractivity contribution is -0.128. The quantitative estimate of drug-likeness (QED) is 0.741. The molecule has 0 bridgehead atoms. The molecular weight excluding hydrogens is 236 g/mol. The van der Waals surface area contributed by atoms with Gasteiger partial charge in [-0.2, -0.15) is 0 Å². The van der Waals surface area contributed by atoms with Crippen LogP contribution in [0, 0.1) is 5.41 Å². The van der Waals surface area contributed by atoms with Gasteiger partial charge in [-0.1, -0.05) is 37.3 Å². The number of carbonyl (C=O) groups excluding carboxylic acids is 1. The van der Waals surface area contributed by atoms with Gasteiger partial charge in [-0.3, -0.25) is 4.79 Å². The molecule has 1 atom stereocenters. The van der Waals surface area contributed by atoms with E-state index in [-0.39, 0.29) is 11.3 Å². The summed E-state index contributed by atoms with van der Waals surface area (Å²) < 4.78 is 0. The van der Waals surface area contributed by atoms with Crippen molar-refractivity contribution in [2.75, 3.05) is 20.1 Å². The summed E-state index contributed by atoms with van der Waals surface area (Å²) in [6.45, 7) is 7.78. The smallest absolute Gasteiger partial charge is 0.226 e. The van der Waals surface area contributed by atoms with Crippen LogP contribution in [0.15, 0.2) is 30.3 Å². The van der Waals surface area contributed by atoms with E-state index in [1.54, 1.807) is 7.05 Å². The topological polar surface area (TPSA) is 41.1 Å². The maximum Gasteiger partial charge on any atom is 0.226 e. The highest BCUT2D eigenvalue weighted by atomic mass is 16.2. The zero-order valence-corrected chi connectivity index (χ0v) is 12.5. The molecule has 0 spiro atoms. The summed E-state index contributed by atoms with van der Waals surface area (Å²) in [5, 5.41) is 6.08. The van der Waals surface area contributed by atoms with Gasteiger partial charge in [0.05, 0.1) is 5.41 Å². The molecule has 2 N–H and O–H groups in total. The fourth-order valence-corrected chi connectivity index (χ4v) is 2.09. The van der Waals surface area contributed by atoms with Crippen molar-refractivity contribution < 1.29 is 4.79 Å². The van der Waals surface area contributed by atoms with E-state index in [1.165, 1.54) is 5.56 Å². The van der Waals surface area contributed by atoms with Gasteiger partial charge in [-0.15, -0.1) is 0 Å². The highest BCUT2D eigenvalue weighted by Gasteiger charge is 2.25. The lowest BCUT2D eigenvalue weighted by atomic mass is 9.92. The van der Waals surface area contributed by atoms with E-state index in [2.05, 4.69) is 41.8 Å². The molecule has 0 radical (unpaired) electrons. The molecule has 0 heterocycles. The number of nitrogens with one attached hydrogen (secondary N) is 2. The van der Waals surface area contributed by atoms with E-state index in [1.807, 2.05) is 19.9 Å². The Morgan fingerprint density at radius 2 is 1.89 bits per heavy atom. The van der Waals surface area contributed by atoms with Gasteiger partial charge in [0.1, 0.15) is 0 Å². The maximum atomic E-state index is 11.6. The number of benzene rings is 1. The summed E-state index contributed by atoms with van der Waals surface area (Å²) in [6.07, 6.45) is 1.08. The number of carbonyl (C=O) groups is 1. The fraction of sp³-hybridized carbons (Fsp3) is 0.562. The molecule has 0 aromatic heterocycles. The van der Waals surface area contributed by atoms with Crippen LogP contribution in [0.4, 0.5) is 0 Å². The molecule has 3 heteroatoms. The Morgan fingerprint density at radius 1 is 1.26 bits per heavy atom. The third kappa shape index (κ3) is 5.03. The molecule has 1 rings (SSSR count). The first-order chi connectivity index (χ1) is 8.97. The third-order valence-corrected chi connectivity index (χ3v) is 3.53. The zero-order chi connectivity index (χ0) is 14.3. The fourth-order valence-electron chi connectivity index (χ4n) is 2.09. The Kier molecular flexibility index (Phi) is 6.03. The van der Waals surface area contributed by atoms with Crippen molar-refractivity contribution in [2.45, 2.75) is 33.1 Å². The summed E-state index contributed by atoms with van der Waals surface area (Å²) in [7, 11) is 1.68. The van der Waals surface area contributed by atoms with Crippen molar-refractivity contribution in [1.29, 1.82) is 0 Å². The van der Waals surface area contributed by atoms with Gasteiger partial charge in [0.2, 0.25) is 5.91 Å². The van der Waals surface area contributed by atoms with Gasteiger partial charge in [0.25, 0.3) is 0 Å². The Balaban J connectivity index is 2.30. The van der Waals surface area contributed by atoms with Crippen molar-refractivity contribution in [3.63, 3.8) is 0 Å². The third-order valence-electron chi connectivity index (χ3n) is 3.53. The molecule has 1 unspecified atom stereocenters. The molecule has 1 aromatic rings. The number of hydrogen-bond acceptors (Lipinski definition) is 2. The van der Waals surface area contributed by atoms with Gasteiger partial charge in [-0.05, 0) is 38.3 Å². The monoisotopic (exact) mass is 262 g/mol. The van der Waals surface area contributed by atoms with Crippen molar-refractivity contribution in [3.05, 3.63) is 35.9 Å². The van der Waals surface area contributed by atoms with Crippen LogP contribution in [-0.2, 0) is 4.79 Å². The van der Waals surface area contributed by atoms with Crippen LogP contribution >= 0.6 is 0 Å². The van der Waals surface area contributed by atoms with Crippen molar-refractivity contribution >= 4 is 5.91 Å². The van der Waals surface area contributed by atoms with Gasteiger partial charge in [0, 0.05) is 13.6 Å². The maximum absolute atomic E-state index is 11.6. The van der Waals surface area contributed by atoms with Crippen molar-refractivity contribution in [2.24, 2.45) is 5.41 Å². The molecule has 0 aliphatic rings. The summed E-state index contributed by atoms with van der Waals surface area (Å²) in [5.41, 5.74) is 1.01. The molecule has 106 valence electrons. The highest BCUT2D eigenvalue weighted by Crippen LogP contribution is 2.18. The van der Waals surface area contributed by atoms with Crippen molar-refractivity contribution in [3.8, 4) is 0 Å². The molecule has 0 aliphatic carbocycles. The highest BCUT2D eigenvalue weighted by molar-refractivity contribution is 5.81. The van der Waals surface area contributed by atoms with Gasteiger partial charge in [-0.25, -0.2) is 0 Å². The number of amides is 1. The SMILES string of the molecule is CNC(=O)C(C)(C)CNCCC(C)c1ccccc1. The molecule has 1 aromatic carbocycles. The second-order valence-electron chi connectivity index (χ2n) is 5.74. The van der Waals surface area contributed by atoms with Crippen molar-refractivity contribution in [1.82, 2.24) is 10.6 Å². The Hall–Kier alpha value is -1.35. The largest absolute Gasteiger partial charge is 0.359 e. The Bertz CT molecular complexity index is 387. The summed E-state index contributed by atoms with van der Waals surface area (Å²) in [6, 6.07) is 10.5. The van der Waals surface area contributed by atoms with Gasteiger partial charge < -0.3 is 10.6 Å². The average molecular weight is 262 g/mol. The second-order valence-corrected chi connectivity index (χ2v) is 5.74. The van der Waals surface area contributed by atoms with Crippen LogP contribution < -0.4 is 10.6 Å². The lowest BCUT2D eigenvalue weighted by Crippen LogP contribution is -2.42. The molecule has 0 aliphatic heterocycles. The van der Waals surface area contributed by atoms with Gasteiger partial charge >= 0.3 is 0 Å². The van der Waals surface area contributed by atoms with Crippen LogP contribution in [0.3, 0.4) is 0 Å². The Labute approximate surface area is 116 Å². The van der Waals surface area contributed by atoms with Crippen LogP contribution in [0.1, 0.15) is 38.7 Å². The average Bonchev–Trinajstić information content (AvgIpc) is 2.43. The predicted molar refractivity (Wildman–Crippen MR) is 80.2 cm³/mol. The van der Waals surface area contributed by atoms with E-state index >= 15 is 0 Å². The van der Waals surface area contributed by atoms with Crippen LogP contribution in [0.2, 0.25) is 0 Å². The summed E-state index contributed by atoms with van der Waals surface area (Å²) >= 11 is 0. The standard InChI is InChI=1S/C16H26N2O/c1-13(14-8-6-5-7-9-14)10-11-18-12-16(2,3)15(19)17-4/h5-9,13,18H,10-12H2,1-4H3,(H,17,19). The first kappa shape index (κ1) is 15.7. The number of hydrogen-bond donors (Lipinski definition) is 2. The van der Waals surface area contributed by atoms with E-state index in [0.717, 1.165) is 13.0 Å². The zero-order valence-electron chi connectivity index (χ0n) is 12.5. The molecule has 0 fully saturated rings. The van der Waals surface area contributed by atoms with Crippen LogP contribution in [-0.4, -0.2) is 26.0 Å². The number of rotatable bonds is 7. The minimum absolute atomic E-state index is 0.0797. The predicted octanol–water partition coefficient (Wildman–Crippen LogP) is 2.54. The normalized spacial score (nSPS) is 13.1. The summed E-state index contributed by atoms with van der Waals surface area (Å²) in [5.74, 6) is 0.618. The first-order valence-corrected chi connectivity index (χ1v) is 6.95. The molecule has 0 saturated carbocycles. The Morgan fingerprint density at radius 3 is 2.47 bits per heavy atom. The second kappa shape index (κ2) is 7.29. The molecule has 1 amide bonds. The van der Waals surface area contributed by atoms with E-state index in [0.29, 0.717) is 12.5 Å². The van der Waals surface area contributed by atoms with E-state index in [9.17, 15) is 4.79 Å². The molecule has 0 saturated heterocycles. The molecular formula is C16H26N2O. The molecule has 3 nitrogen and oxygen atoms in total. The van der Waals surface area contributed by atoms with Crippen LogP contribution in [0.25, 0.3) is 0 Å². The summed E-state index contributed by atoms with van der Waals surface area (Å²) in [4.78, 5) is 11.6. The minimum atomic E-state index is -0.356. The van der Waals surface area contributed by atoms with E-state index < -0.39 is 0 Å². The minimum Gasteiger partial charge on any atom is -0.359 e. The van der Waals surface area contributed by atoms with Gasteiger partial charge in [0.15, 0.2) is 0 Å². The lowest BCUT2D eigenvalue weighted by Gasteiger charge is -2.23. The molecule has 19 heavy (non-hydrogen) atoms. The first-order valence-electron chi connectivity index (χ1n) is 6.95. The van der Waals surface area contributed by atoms with E-state index in [4.69, 9.17) is 0 Å². The van der Waals surface area contributed by atoms with Crippen LogP contribution in [0.5, 0.6) is 0 Å².